The van der Waals surface area contributed by atoms with Gasteiger partial charge in [-0.3, -0.25) is 4.79 Å². The van der Waals surface area contributed by atoms with Crippen LogP contribution in [0.3, 0.4) is 0 Å². The molecular formula is C15H21N5O2. The Morgan fingerprint density at radius 3 is 3.09 bits per heavy atom. The van der Waals surface area contributed by atoms with Gasteiger partial charge in [0.15, 0.2) is 0 Å². The normalized spacial score (nSPS) is 21.7. The van der Waals surface area contributed by atoms with E-state index in [0.29, 0.717) is 19.6 Å². The Balaban J connectivity index is 1.59. The Kier molecular flexibility index (Phi) is 4.53. The molecule has 1 N–H and O–H groups in total. The van der Waals surface area contributed by atoms with Crippen molar-refractivity contribution in [1.29, 1.82) is 0 Å². The van der Waals surface area contributed by atoms with Crippen LogP contribution in [0.15, 0.2) is 31.1 Å². The van der Waals surface area contributed by atoms with Gasteiger partial charge < -0.3 is 19.2 Å². The Hall–Kier alpha value is -2.15. The summed E-state index contributed by atoms with van der Waals surface area (Å²) in [6.07, 6.45) is 11.1. The highest BCUT2D eigenvalue weighted by Gasteiger charge is 2.31. The van der Waals surface area contributed by atoms with Crippen LogP contribution in [0.25, 0.3) is 0 Å². The van der Waals surface area contributed by atoms with E-state index >= 15 is 0 Å². The zero-order valence-corrected chi connectivity index (χ0v) is 12.7. The van der Waals surface area contributed by atoms with Gasteiger partial charge in [0.25, 0.3) is 0 Å². The second-order valence-corrected chi connectivity index (χ2v) is 5.55. The molecule has 0 aromatic carbocycles. The molecule has 7 heteroatoms. The van der Waals surface area contributed by atoms with Crippen LogP contribution in [0.1, 0.15) is 31.2 Å². The van der Waals surface area contributed by atoms with E-state index in [2.05, 4.69) is 15.3 Å². The molecular weight excluding hydrogens is 282 g/mol. The van der Waals surface area contributed by atoms with Crippen LogP contribution in [0.5, 0.6) is 0 Å². The largest absolute Gasteiger partial charge is 0.368 e. The minimum atomic E-state index is -0.175. The molecule has 0 spiro atoms. The van der Waals surface area contributed by atoms with Crippen LogP contribution < -0.4 is 5.32 Å². The third-order valence-electron chi connectivity index (χ3n) is 3.94. The molecule has 0 radical (unpaired) electrons. The van der Waals surface area contributed by atoms with Gasteiger partial charge in [-0.05, 0) is 12.8 Å². The summed E-state index contributed by atoms with van der Waals surface area (Å²) in [5.74, 6) is 0.892. The number of aryl methyl sites for hydroxylation is 2. The molecule has 3 heterocycles. The minimum absolute atomic E-state index is 0.0230. The maximum atomic E-state index is 12.2. The molecule has 22 heavy (non-hydrogen) atoms. The van der Waals surface area contributed by atoms with Crippen LogP contribution in [-0.4, -0.2) is 37.7 Å². The first-order valence-corrected chi connectivity index (χ1v) is 7.58. The summed E-state index contributed by atoms with van der Waals surface area (Å²) < 4.78 is 9.69. The molecule has 1 aliphatic heterocycles. The fourth-order valence-electron chi connectivity index (χ4n) is 2.76. The van der Waals surface area contributed by atoms with Crippen molar-refractivity contribution in [3.63, 3.8) is 0 Å². The standard InChI is InChI=1S/C15H21N5O2/c1-19-8-6-17-15(19)14-12(3-2-10-22-14)18-13(21)4-7-20-9-5-16-11-20/h5-6,8-9,11-12,14H,2-4,7,10H2,1H3,(H,18,21)/t12-,14-/m0/s1. The summed E-state index contributed by atoms with van der Waals surface area (Å²) in [6, 6.07) is -0.0230. The number of imidazole rings is 2. The highest BCUT2D eigenvalue weighted by Crippen LogP contribution is 2.27. The number of nitrogens with zero attached hydrogens (tertiary/aromatic N) is 4. The third-order valence-corrected chi connectivity index (χ3v) is 3.94. The van der Waals surface area contributed by atoms with Crippen molar-refractivity contribution < 1.29 is 9.53 Å². The van der Waals surface area contributed by atoms with Crippen molar-refractivity contribution >= 4 is 5.91 Å². The van der Waals surface area contributed by atoms with E-state index in [1.807, 2.05) is 28.6 Å². The summed E-state index contributed by atoms with van der Waals surface area (Å²) in [6.45, 7) is 1.34. The molecule has 7 nitrogen and oxygen atoms in total. The van der Waals surface area contributed by atoms with Crippen molar-refractivity contribution in [1.82, 2.24) is 24.4 Å². The number of rotatable bonds is 5. The first-order valence-electron chi connectivity index (χ1n) is 7.58. The van der Waals surface area contributed by atoms with Crippen LogP contribution in [-0.2, 0) is 23.1 Å². The first kappa shape index (κ1) is 14.8. The van der Waals surface area contributed by atoms with Crippen molar-refractivity contribution in [3.05, 3.63) is 36.9 Å². The lowest BCUT2D eigenvalue weighted by atomic mass is 10.0. The molecule has 0 bridgehead atoms. The lowest BCUT2D eigenvalue weighted by Gasteiger charge is -2.32. The predicted molar refractivity (Wildman–Crippen MR) is 79.9 cm³/mol. The smallest absolute Gasteiger partial charge is 0.222 e. The monoisotopic (exact) mass is 303 g/mol. The third kappa shape index (κ3) is 3.36. The Bertz CT molecular complexity index is 607. The molecule has 118 valence electrons. The molecule has 1 aliphatic rings. The maximum absolute atomic E-state index is 12.2. The lowest BCUT2D eigenvalue weighted by Crippen LogP contribution is -2.43. The Morgan fingerprint density at radius 2 is 2.36 bits per heavy atom. The van der Waals surface area contributed by atoms with Crippen LogP contribution in [0, 0.1) is 0 Å². The summed E-state index contributed by atoms with van der Waals surface area (Å²) >= 11 is 0. The fraction of sp³-hybridized carbons (Fsp3) is 0.533. The van der Waals surface area contributed by atoms with Crippen LogP contribution in [0.2, 0.25) is 0 Å². The van der Waals surface area contributed by atoms with E-state index in [1.165, 1.54) is 0 Å². The molecule has 1 saturated heterocycles. The van der Waals surface area contributed by atoms with Gasteiger partial charge in [0.05, 0.1) is 12.4 Å². The molecule has 2 aromatic rings. The fourth-order valence-corrected chi connectivity index (χ4v) is 2.76. The molecule has 2 aromatic heterocycles. The number of carbonyl (C=O) groups is 1. The number of ether oxygens (including phenoxy) is 1. The Morgan fingerprint density at radius 1 is 1.45 bits per heavy atom. The van der Waals surface area contributed by atoms with E-state index < -0.39 is 0 Å². The number of hydrogen-bond donors (Lipinski definition) is 1. The number of aromatic nitrogens is 4. The zero-order valence-electron chi connectivity index (χ0n) is 12.7. The van der Waals surface area contributed by atoms with E-state index in [-0.39, 0.29) is 18.1 Å². The SMILES string of the molecule is Cn1ccnc1[C@H]1OCCC[C@@H]1NC(=O)CCn1ccnc1. The van der Waals surface area contributed by atoms with Crippen molar-refractivity contribution in [3.8, 4) is 0 Å². The molecule has 1 amide bonds. The number of amides is 1. The highest BCUT2D eigenvalue weighted by atomic mass is 16.5. The summed E-state index contributed by atoms with van der Waals surface area (Å²) in [5.41, 5.74) is 0. The van der Waals surface area contributed by atoms with Gasteiger partial charge in [0.2, 0.25) is 5.91 Å². The zero-order chi connectivity index (χ0) is 15.4. The quantitative estimate of drug-likeness (QED) is 0.896. The second-order valence-electron chi connectivity index (χ2n) is 5.55. The van der Waals surface area contributed by atoms with Gasteiger partial charge in [-0.1, -0.05) is 0 Å². The van der Waals surface area contributed by atoms with E-state index in [0.717, 1.165) is 18.7 Å². The predicted octanol–water partition coefficient (Wildman–Crippen LogP) is 1.04. The van der Waals surface area contributed by atoms with Gasteiger partial charge >= 0.3 is 0 Å². The number of nitrogens with one attached hydrogen (secondary N) is 1. The van der Waals surface area contributed by atoms with Gasteiger partial charge in [-0.15, -0.1) is 0 Å². The highest BCUT2D eigenvalue weighted by molar-refractivity contribution is 5.76. The van der Waals surface area contributed by atoms with Crippen molar-refractivity contribution in [2.75, 3.05) is 6.61 Å². The van der Waals surface area contributed by atoms with Crippen LogP contribution >= 0.6 is 0 Å². The maximum Gasteiger partial charge on any atom is 0.222 e. The molecule has 1 fully saturated rings. The van der Waals surface area contributed by atoms with Gasteiger partial charge in [-0.2, -0.15) is 0 Å². The van der Waals surface area contributed by atoms with Crippen molar-refractivity contribution in [2.24, 2.45) is 7.05 Å². The average Bonchev–Trinajstić information content (AvgIpc) is 3.17. The van der Waals surface area contributed by atoms with Crippen molar-refractivity contribution in [2.45, 2.75) is 38.0 Å². The van der Waals surface area contributed by atoms with Gasteiger partial charge in [-0.25, -0.2) is 9.97 Å². The minimum Gasteiger partial charge on any atom is -0.368 e. The first-order chi connectivity index (χ1) is 10.7. The number of carbonyl (C=O) groups excluding carboxylic acids is 1. The molecule has 0 saturated carbocycles. The molecule has 0 aliphatic carbocycles. The topological polar surface area (TPSA) is 74.0 Å². The van der Waals surface area contributed by atoms with Crippen LogP contribution in [0.4, 0.5) is 0 Å². The molecule has 2 atom stereocenters. The van der Waals surface area contributed by atoms with E-state index in [4.69, 9.17) is 4.74 Å². The molecule has 3 rings (SSSR count). The summed E-state index contributed by atoms with van der Waals surface area (Å²) in [4.78, 5) is 20.5. The van der Waals surface area contributed by atoms with E-state index in [9.17, 15) is 4.79 Å². The van der Waals surface area contributed by atoms with E-state index in [1.54, 1.807) is 18.7 Å². The summed E-state index contributed by atoms with van der Waals surface area (Å²) in [5, 5.41) is 3.10. The average molecular weight is 303 g/mol. The Labute approximate surface area is 129 Å². The van der Waals surface area contributed by atoms with Gasteiger partial charge in [0.1, 0.15) is 11.9 Å². The number of hydrogen-bond acceptors (Lipinski definition) is 4. The van der Waals surface area contributed by atoms with Gasteiger partial charge in [0, 0.05) is 51.4 Å². The second kappa shape index (κ2) is 6.74. The molecule has 0 unspecified atom stereocenters. The summed E-state index contributed by atoms with van der Waals surface area (Å²) in [7, 11) is 1.94. The lowest BCUT2D eigenvalue weighted by molar-refractivity contribution is -0.124.